The van der Waals surface area contributed by atoms with Gasteiger partial charge in [-0.1, -0.05) is 50.9 Å². The van der Waals surface area contributed by atoms with Crippen molar-refractivity contribution in [2.45, 2.75) is 66.1 Å². The number of pyridine rings is 1. The summed E-state index contributed by atoms with van der Waals surface area (Å²) in [6.45, 7) is 8.52. The molecular formula is C27H33Cl2F3N4O4. The quantitative estimate of drug-likeness (QED) is 0.252. The summed E-state index contributed by atoms with van der Waals surface area (Å²) in [4.78, 5) is 44.0. The summed E-state index contributed by atoms with van der Waals surface area (Å²) in [7, 11) is 0. The number of nitrogens with zero attached hydrogens (tertiary/aromatic N) is 4. The van der Waals surface area contributed by atoms with Gasteiger partial charge in [-0.2, -0.15) is 18.3 Å². The molecule has 0 N–H and O–H groups in total. The van der Waals surface area contributed by atoms with Crippen LogP contribution in [0, 0.1) is 17.3 Å². The monoisotopic (exact) mass is 604 g/mol. The zero-order valence-corrected chi connectivity index (χ0v) is 24.5. The molecule has 0 radical (unpaired) electrons. The molecule has 1 aliphatic rings. The van der Waals surface area contributed by atoms with Gasteiger partial charge in [0.15, 0.2) is 11.5 Å². The van der Waals surface area contributed by atoms with Crippen LogP contribution >= 0.6 is 23.2 Å². The van der Waals surface area contributed by atoms with Crippen molar-refractivity contribution in [1.82, 2.24) is 19.7 Å². The van der Waals surface area contributed by atoms with E-state index >= 15 is 0 Å². The van der Waals surface area contributed by atoms with Gasteiger partial charge >= 0.3 is 12.1 Å². The molecule has 1 fully saturated rings. The zero-order chi connectivity index (χ0) is 30.0. The van der Waals surface area contributed by atoms with E-state index in [1.54, 1.807) is 34.6 Å². The number of esters is 1. The summed E-state index contributed by atoms with van der Waals surface area (Å²) in [6.07, 6.45) is -0.707. The summed E-state index contributed by atoms with van der Waals surface area (Å²) >= 11 is 12.2. The van der Waals surface area contributed by atoms with Crippen molar-refractivity contribution < 1.29 is 32.3 Å². The Kier molecular flexibility index (Phi) is 9.93. The Labute approximate surface area is 241 Å². The first-order valence-electron chi connectivity index (χ1n) is 13.0. The Morgan fingerprint density at radius 3 is 2.25 bits per heavy atom. The number of ether oxygens (including phenoxy) is 1. The van der Waals surface area contributed by atoms with Gasteiger partial charge in [0.2, 0.25) is 0 Å². The molecule has 0 spiro atoms. The van der Waals surface area contributed by atoms with Gasteiger partial charge in [-0.3, -0.25) is 24.0 Å². The van der Waals surface area contributed by atoms with Crippen LogP contribution in [0.15, 0.2) is 18.6 Å². The van der Waals surface area contributed by atoms with Gasteiger partial charge in [-0.25, -0.2) is 0 Å². The van der Waals surface area contributed by atoms with E-state index in [0.717, 1.165) is 15.8 Å². The number of halogens is 5. The third-order valence-corrected chi connectivity index (χ3v) is 7.36. The molecule has 13 heteroatoms. The number of ketones is 1. The summed E-state index contributed by atoms with van der Waals surface area (Å²) in [5.41, 5.74) is -2.46. The Bertz CT molecular complexity index is 1240. The van der Waals surface area contributed by atoms with Gasteiger partial charge in [0.1, 0.15) is 0 Å². The highest BCUT2D eigenvalue weighted by Crippen LogP contribution is 2.41. The van der Waals surface area contributed by atoms with Crippen molar-refractivity contribution in [2.75, 3.05) is 19.7 Å². The number of hydrogen-bond acceptors (Lipinski definition) is 6. The molecule has 2 aromatic rings. The number of hydrogen-bond donors (Lipinski definition) is 0. The maximum absolute atomic E-state index is 14.5. The van der Waals surface area contributed by atoms with Crippen LogP contribution in [0.1, 0.15) is 86.3 Å². The average molecular weight is 605 g/mol. The summed E-state index contributed by atoms with van der Waals surface area (Å²) in [5, 5.41) is 3.95. The number of amides is 1. The number of Topliss-reactive ketones (excluding diaryl/α,β-unsaturated/α-hetero) is 1. The topological polar surface area (TPSA) is 94.4 Å². The maximum atomic E-state index is 14.5. The molecule has 8 nitrogen and oxygen atoms in total. The molecule has 3 rings (SSSR count). The lowest BCUT2D eigenvalue weighted by Gasteiger charge is -2.34. The van der Waals surface area contributed by atoms with Gasteiger partial charge in [0, 0.05) is 18.9 Å². The van der Waals surface area contributed by atoms with Crippen LogP contribution < -0.4 is 0 Å². The van der Waals surface area contributed by atoms with Crippen molar-refractivity contribution in [2.24, 2.45) is 17.3 Å². The first-order chi connectivity index (χ1) is 18.5. The Morgan fingerprint density at radius 2 is 1.73 bits per heavy atom. The third-order valence-electron chi connectivity index (χ3n) is 6.79. The van der Waals surface area contributed by atoms with E-state index in [0.29, 0.717) is 6.42 Å². The second-order valence-electron chi connectivity index (χ2n) is 11.3. The molecule has 40 heavy (non-hydrogen) atoms. The summed E-state index contributed by atoms with van der Waals surface area (Å²) < 4.78 is 49.4. The van der Waals surface area contributed by atoms with Crippen LogP contribution in [-0.2, 0) is 15.7 Å². The van der Waals surface area contributed by atoms with Crippen molar-refractivity contribution in [3.8, 4) is 0 Å². The fourth-order valence-corrected chi connectivity index (χ4v) is 5.72. The minimum absolute atomic E-state index is 0.0257. The van der Waals surface area contributed by atoms with E-state index < -0.39 is 53.0 Å². The van der Waals surface area contributed by atoms with Crippen LogP contribution in [0.4, 0.5) is 13.2 Å². The fraction of sp³-hybridized carbons (Fsp3) is 0.593. The zero-order valence-electron chi connectivity index (χ0n) is 23.0. The minimum Gasteiger partial charge on any atom is -0.466 e. The molecule has 220 valence electrons. The van der Waals surface area contributed by atoms with E-state index in [2.05, 4.69) is 10.1 Å². The summed E-state index contributed by atoms with van der Waals surface area (Å²) in [6, 6.07) is -0.675. The Hall–Kier alpha value is -2.66. The average Bonchev–Trinajstić information content (AvgIpc) is 3.28. The molecule has 1 amide bonds. The molecule has 1 saturated carbocycles. The smallest absolute Gasteiger partial charge is 0.433 e. The van der Waals surface area contributed by atoms with Gasteiger partial charge in [0.05, 0.1) is 52.5 Å². The second kappa shape index (κ2) is 12.5. The first kappa shape index (κ1) is 31.9. The second-order valence-corrected chi connectivity index (χ2v) is 12.1. The predicted octanol–water partition coefficient (Wildman–Crippen LogP) is 6.52. The molecule has 2 aromatic heterocycles. The standard InChI is InChI=1S/C27H33Cl2F3N4O4/c1-6-40-25(39)17-8-7-16(9-15(17)2)36-23(27(30,31)32)18(10-34-36)24(38)35(14-26(3,4)5)13-21(37)22-19(28)11-33-12-20(22)29/h10-12,15-17H,6-9,13-14H2,1-5H3/t15-,16-,17-/m1/s1. The van der Waals surface area contributed by atoms with E-state index in [1.807, 2.05) is 0 Å². The number of rotatable bonds is 8. The van der Waals surface area contributed by atoms with Crippen molar-refractivity contribution in [3.05, 3.63) is 45.5 Å². The summed E-state index contributed by atoms with van der Waals surface area (Å²) in [5.74, 6) is -2.65. The highest BCUT2D eigenvalue weighted by molar-refractivity contribution is 6.39. The third kappa shape index (κ3) is 7.34. The highest BCUT2D eigenvalue weighted by atomic mass is 35.5. The largest absolute Gasteiger partial charge is 0.466 e. The lowest BCUT2D eigenvalue weighted by atomic mass is 9.78. The van der Waals surface area contributed by atoms with Gasteiger partial charge in [-0.15, -0.1) is 0 Å². The molecule has 2 heterocycles. The molecule has 3 atom stereocenters. The molecule has 1 aliphatic carbocycles. The van der Waals surface area contributed by atoms with Crippen LogP contribution in [0.5, 0.6) is 0 Å². The van der Waals surface area contributed by atoms with Gasteiger partial charge in [-0.05, 0) is 37.5 Å². The minimum atomic E-state index is -4.90. The number of alkyl halides is 3. The first-order valence-corrected chi connectivity index (χ1v) is 13.7. The molecule has 0 aromatic carbocycles. The van der Waals surface area contributed by atoms with E-state index in [9.17, 15) is 27.6 Å². The molecular weight excluding hydrogens is 572 g/mol. The number of carbonyl (C=O) groups excluding carboxylic acids is 3. The van der Waals surface area contributed by atoms with Crippen molar-refractivity contribution in [1.29, 1.82) is 0 Å². The molecule has 0 bridgehead atoms. The van der Waals surface area contributed by atoms with E-state index in [4.69, 9.17) is 27.9 Å². The van der Waals surface area contributed by atoms with Crippen LogP contribution in [0.25, 0.3) is 0 Å². The highest BCUT2D eigenvalue weighted by Gasteiger charge is 2.44. The lowest BCUT2D eigenvalue weighted by Crippen LogP contribution is -2.42. The van der Waals surface area contributed by atoms with Gasteiger partial charge in [0.25, 0.3) is 5.91 Å². The van der Waals surface area contributed by atoms with Crippen molar-refractivity contribution >= 4 is 40.9 Å². The molecule has 0 unspecified atom stereocenters. The maximum Gasteiger partial charge on any atom is 0.433 e. The Balaban J connectivity index is 1.96. The van der Waals surface area contributed by atoms with Crippen molar-refractivity contribution in [3.63, 3.8) is 0 Å². The van der Waals surface area contributed by atoms with Gasteiger partial charge < -0.3 is 9.64 Å². The number of aromatic nitrogens is 3. The molecule has 0 saturated heterocycles. The predicted molar refractivity (Wildman–Crippen MR) is 143 cm³/mol. The Morgan fingerprint density at radius 1 is 1.10 bits per heavy atom. The lowest BCUT2D eigenvalue weighted by molar-refractivity contribution is -0.153. The SMILES string of the molecule is CCOC(=O)[C@@H]1CC[C@@H](n2ncc(C(=O)N(CC(=O)c3c(Cl)cncc3Cl)CC(C)(C)C)c2C(F)(F)F)C[C@H]1C. The van der Waals surface area contributed by atoms with E-state index in [-0.39, 0.29) is 53.5 Å². The van der Waals surface area contributed by atoms with Crippen LogP contribution in [0.3, 0.4) is 0 Å². The number of carbonyl (C=O) groups is 3. The van der Waals surface area contributed by atoms with Crippen LogP contribution in [0.2, 0.25) is 10.0 Å². The van der Waals surface area contributed by atoms with E-state index in [1.165, 1.54) is 12.4 Å². The molecule has 0 aliphatic heterocycles. The van der Waals surface area contributed by atoms with Crippen LogP contribution in [-0.4, -0.2) is 57.0 Å². The fourth-order valence-electron chi connectivity index (χ4n) is 5.14. The normalized spacial score (nSPS) is 19.8.